The van der Waals surface area contributed by atoms with E-state index in [4.69, 9.17) is 0 Å². The Morgan fingerprint density at radius 3 is 1.07 bits per heavy atom. The van der Waals surface area contributed by atoms with Crippen molar-refractivity contribution in [2.75, 3.05) is 13.1 Å². The van der Waals surface area contributed by atoms with Gasteiger partial charge in [-0.25, -0.2) is 19.6 Å². The van der Waals surface area contributed by atoms with E-state index >= 15 is 0 Å². The Morgan fingerprint density at radius 2 is 0.929 bits per heavy atom. The average Bonchev–Trinajstić information content (AvgIpc) is 2.33. The molecule has 14 heavy (non-hydrogen) atoms. The molecule has 0 amide bonds. The molecule has 0 aromatic carbocycles. The van der Waals surface area contributed by atoms with Crippen LogP contribution < -0.4 is 0 Å². The van der Waals surface area contributed by atoms with Crippen LogP contribution in [0.2, 0.25) is 0 Å². The van der Waals surface area contributed by atoms with E-state index in [2.05, 4.69) is 49.5 Å². The fourth-order valence-electron chi connectivity index (χ4n) is 0.191. The molecule has 0 aromatic heterocycles. The number of hydrogen-bond acceptors (Lipinski definition) is 4. The monoisotopic (exact) mass is 196 g/mol. The lowest BCUT2D eigenvalue weighted by Crippen LogP contribution is -1.82. The molecule has 0 aliphatic carbocycles. The van der Waals surface area contributed by atoms with E-state index < -0.39 is 0 Å². The maximum absolute atomic E-state index is 9.34. The summed E-state index contributed by atoms with van der Waals surface area (Å²) in [5, 5.41) is 0. The lowest BCUT2D eigenvalue weighted by molar-refractivity contribution is 0.560. The summed E-state index contributed by atoms with van der Waals surface area (Å²) in [5.74, 6) is 0. The third kappa shape index (κ3) is 90.6. The van der Waals surface area contributed by atoms with Gasteiger partial charge in [0.2, 0.25) is 12.2 Å². The van der Waals surface area contributed by atoms with Crippen molar-refractivity contribution in [2.24, 2.45) is 9.98 Å². The first-order chi connectivity index (χ1) is 6.91. The number of nitrogens with zero attached hydrogens (tertiary/aromatic N) is 2. The Morgan fingerprint density at radius 1 is 0.714 bits per heavy atom. The second kappa shape index (κ2) is 69.0. The molecule has 0 aliphatic rings. The minimum atomic E-state index is 0.221. The van der Waals surface area contributed by atoms with Crippen molar-refractivity contribution in [1.29, 1.82) is 0 Å². The zero-order valence-corrected chi connectivity index (χ0v) is 8.37. The topological polar surface area (TPSA) is 58.9 Å². The van der Waals surface area contributed by atoms with Gasteiger partial charge >= 0.3 is 0 Å². The van der Waals surface area contributed by atoms with Crippen LogP contribution in [-0.2, 0) is 9.59 Å². The van der Waals surface area contributed by atoms with Gasteiger partial charge in [0.15, 0.2) is 0 Å². The molecule has 0 rings (SSSR count). The third-order valence-electron chi connectivity index (χ3n) is 0.453. The average molecular weight is 196 g/mol. The Kier molecular flexibility index (Phi) is 112. The molecular formula is C10H16N2O2. The summed E-state index contributed by atoms with van der Waals surface area (Å²) in [6.07, 6.45) is 2.62. The second-order valence-corrected chi connectivity index (χ2v) is 0.946. The first-order valence-electron chi connectivity index (χ1n) is 3.49. The van der Waals surface area contributed by atoms with Crippen LogP contribution in [0.1, 0.15) is 0 Å². The fourth-order valence-corrected chi connectivity index (χ4v) is 0.191. The minimum absolute atomic E-state index is 0.221. The molecule has 78 valence electrons. The normalized spacial score (nSPS) is 4.57. The molecule has 0 fully saturated rings. The summed E-state index contributed by atoms with van der Waals surface area (Å²) in [6, 6.07) is 0. The van der Waals surface area contributed by atoms with Crippen molar-refractivity contribution in [2.45, 2.75) is 0 Å². The van der Waals surface area contributed by atoms with Crippen LogP contribution in [0, 0.1) is 0 Å². The maximum Gasteiger partial charge on any atom is 0.235 e. The van der Waals surface area contributed by atoms with E-state index in [1.54, 1.807) is 0 Å². The van der Waals surface area contributed by atoms with E-state index in [1.165, 1.54) is 12.2 Å². The highest BCUT2D eigenvalue weighted by Crippen LogP contribution is 1.66. The fraction of sp³-hybridized carbons (Fsp3) is 0.200. The van der Waals surface area contributed by atoms with Gasteiger partial charge in [-0.2, -0.15) is 0 Å². The van der Waals surface area contributed by atoms with E-state index in [0.717, 1.165) is 0 Å². The molecule has 0 saturated heterocycles. The van der Waals surface area contributed by atoms with Crippen molar-refractivity contribution in [1.82, 2.24) is 0 Å². The predicted octanol–water partition coefficient (Wildman–Crippen LogP) is 2.06. The molecule has 4 nitrogen and oxygen atoms in total. The van der Waals surface area contributed by atoms with Crippen LogP contribution in [0.3, 0.4) is 0 Å². The van der Waals surface area contributed by atoms with E-state index in [9.17, 15) is 9.59 Å². The third-order valence-corrected chi connectivity index (χ3v) is 0.453. The van der Waals surface area contributed by atoms with Crippen LogP contribution in [0.4, 0.5) is 0 Å². The lowest BCUT2D eigenvalue weighted by atomic mass is 10.7. The molecule has 4 heteroatoms. The molecule has 0 unspecified atom stereocenters. The second-order valence-electron chi connectivity index (χ2n) is 0.946. The highest BCUT2D eigenvalue weighted by molar-refractivity contribution is 5.34. The smallest absolute Gasteiger partial charge is 0.211 e. The Bertz CT molecular complexity index is 158. The summed E-state index contributed by atoms with van der Waals surface area (Å²) in [6.45, 7) is 18.4. The van der Waals surface area contributed by atoms with E-state index in [0.29, 0.717) is 0 Å². The van der Waals surface area contributed by atoms with Crippen molar-refractivity contribution in [3.05, 3.63) is 39.5 Å². The summed E-state index contributed by atoms with van der Waals surface area (Å²) >= 11 is 0. The Hall–Kier alpha value is -2.02. The van der Waals surface area contributed by atoms with Crippen LogP contribution in [0.25, 0.3) is 0 Å². The number of hydrogen-bond donors (Lipinski definition) is 0. The van der Waals surface area contributed by atoms with Crippen LogP contribution in [0.15, 0.2) is 49.5 Å². The Labute approximate surface area is 85.1 Å². The largest absolute Gasteiger partial charge is 0.235 e. The summed E-state index contributed by atoms with van der Waals surface area (Å²) < 4.78 is 0. The molecule has 0 spiro atoms. The van der Waals surface area contributed by atoms with Gasteiger partial charge in [0.25, 0.3) is 0 Å². The summed E-state index contributed by atoms with van der Waals surface area (Å²) in [5.41, 5.74) is 0. The standard InChI is InChI=1S/C4H4N2O2.3C2H4/c7-3-5-1-2-6-4-8;3*1-2/h1-2H2;3*1-2H2. The number of isocyanates is 2. The molecule has 0 aromatic rings. The van der Waals surface area contributed by atoms with Crippen molar-refractivity contribution in [3.63, 3.8) is 0 Å². The maximum atomic E-state index is 9.34. The first kappa shape index (κ1) is 22.7. The summed E-state index contributed by atoms with van der Waals surface area (Å²) in [4.78, 5) is 24.9. The number of rotatable bonds is 3. The number of aliphatic imine (C=N–C) groups is 2. The highest BCUT2D eigenvalue weighted by atomic mass is 16.1. The molecule has 0 radical (unpaired) electrons. The van der Waals surface area contributed by atoms with Crippen LogP contribution >= 0.6 is 0 Å². The van der Waals surface area contributed by atoms with Gasteiger partial charge in [-0.15, -0.1) is 39.5 Å². The minimum Gasteiger partial charge on any atom is -0.211 e. The quantitative estimate of drug-likeness (QED) is 0.300. The SMILES string of the molecule is C=C.C=C.C=C.O=C=NCCN=C=O. The van der Waals surface area contributed by atoms with Crippen molar-refractivity contribution < 1.29 is 9.59 Å². The van der Waals surface area contributed by atoms with Crippen molar-refractivity contribution in [3.8, 4) is 0 Å². The zero-order chi connectivity index (χ0) is 12.2. The molecule has 0 N–H and O–H groups in total. The van der Waals surface area contributed by atoms with Crippen molar-refractivity contribution >= 4 is 12.2 Å². The first-order valence-corrected chi connectivity index (χ1v) is 3.49. The molecule has 0 aliphatic heterocycles. The van der Waals surface area contributed by atoms with Gasteiger partial charge in [0.05, 0.1) is 13.1 Å². The summed E-state index contributed by atoms with van der Waals surface area (Å²) in [7, 11) is 0. The Balaban J connectivity index is -0.0000000708. The lowest BCUT2D eigenvalue weighted by Gasteiger charge is -1.74. The van der Waals surface area contributed by atoms with E-state index in [-0.39, 0.29) is 13.1 Å². The molecule has 0 atom stereocenters. The van der Waals surface area contributed by atoms with Gasteiger partial charge in [-0.1, -0.05) is 0 Å². The zero-order valence-electron chi connectivity index (χ0n) is 8.37. The molecule has 0 bridgehead atoms. The van der Waals surface area contributed by atoms with Crippen LogP contribution in [0.5, 0.6) is 0 Å². The van der Waals surface area contributed by atoms with Gasteiger partial charge in [0, 0.05) is 0 Å². The van der Waals surface area contributed by atoms with E-state index in [1.807, 2.05) is 0 Å². The van der Waals surface area contributed by atoms with Gasteiger partial charge < -0.3 is 0 Å². The van der Waals surface area contributed by atoms with Gasteiger partial charge in [-0.05, 0) is 0 Å². The van der Waals surface area contributed by atoms with Gasteiger partial charge in [-0.3, -0.25) is 0 Å². The predicted molar refractivity (Wildman–Crippen MR) is 59.7 cm³/mol. The molecule has 0 heterocycles. The highest BCUT2D eigenvalue weighted by Gasteiger charge is 1.73. The molecule has 0 saturated carbocycles. The van der Waals surface area contributed by atoms with Crippen LogP contribution in [-0.4, -0.2) is 25.2 Å². The molecular weight excluding hydrogens is 180 g/mol. The number of carbonyl (C=O) groups excluding carboxylic acids is 2. The van der Waals surface area contributed by atoms with Gasteiger partial charge in [0.1, 0.15) is 0 Å².